The first-order valence-electron chi connectivity index (χ1n) is 7.04. The van der Waals surface area contributed by atoms with Crippen LogP contribution in [0.15, 0.2) is 42.6 Å². The van der Waals surface area contributed by atoms with E-state index >= 15 is 0 Å². The summed E-state index contributed by atoms with van der Waals surface area (Å²) in [6.45, 7) is 1.54. The Morgan fingerprint density at radius 1 is 1.35 bits per heavy atom. The second kappa shape index (κ2) is 7.11. The summed E-state index contributed by atoms with van der Waals surface area (Å²) < 4.78 is 19.3. The van der Waals surface area contributed by atoms with Gasteiger partial charge in [0.25, 0.3) is 0 Å². The molecule has 0 aliphatic rings. The van der Waals surface area contributed by atoms with Crippen LogP contribution in [0.3, 0.4) is 0 Å². The number of hydrogen-bond donors (Lipinski definition) is 0. The second-order valence-electron chi connectivity index (χ2n) is 4.92. The Morgan fingerprint density at radius 2 is 2.04 bits per heavy atom. The molecule has 1 unspecified atom stereocenters. The van der Waals surface area contributed by atoms with Gasteiger partial charge in [-0.25, -0.2) is 4.98 Å². The van der Waals surface area contributed by atoms with Crippen molar-refractivity contribution in [1.82, 2.24) is 4.98 Å². The summed E-state index contributed by atoms with van der Waals surface area (Å²) in [5.74, 6) is -2.58. The zero-order valence-corrected chi connectivity index (χ0v) is 12.5. The summed E-state index contributed by atoms with van der Waals surface area (Å²) in [5.41, 5.74) is -1.73. The van der Waals surface area contributed by atoms with Crippen molar-refractivity contribution in [3.05, 3.63) is 65.2 Å². The van der Waals surface area contributed by atoms with Crippen LogP contribution >= 0.6 is 0 Å². The number of carbonyl (C=O) groups is 2. The van der Waals surface area contributed by atoms with Gasteiger partial charge in [-0.2, -0.15) is 4.39 Å². The van der Waals surface area contributed by atoms with E-state index in [9.17, 15) is 19.1 Å². The fraction of sp³-hybridized carbons (Fsp3) is 0.235. The molecule has 1 aromatic heterocycles. The molecule has 0 bridgehead atoms. The number of pyridine rings is 1. The van der Waals surface area contributed by atoms with Gasteiger partial charge >= 0.3 is 0 Å². The minimum atomic E-state index is -1.93. The molecule has 0 saturated carbocycles. The number of hydrogen-bond acceptors (Lipinski definition) is 5. The number of benzene rings is 1. The summed E-state index contributed by atoms with van der Waals surface area (Å²) in [6, 6.07) is 10.2. The zero-order chi connectivity index (χ0) is 16.9. The molecule has 1 heterocycles. The maximum atomic E-state index is 13.7. The van der Waals surface area contributed by atoms with E-state index in [1.807, 2.05) is 6.07 Å². The Kier molecular flexibility index (Phi) is 5.18. The molecule has 0 amide bonds. The molecule has 5 nitrogen and oxygen atoms in total. The minimum Gasteiger partial charge on any atom is -0.547 e. The first kappa shape index (κ1) is 16.8. The molecule has 0 aliphatic heterocycles. The predicted octanol–water partition coefficient (Wildman–Crippen LogP) is 1.61. The van der Waals surface area contributed by atoms with Crippen LogP contribution in [0.1, 0.15) is 34.8 Å². The zero-order valence-electron chi connectivity index (χ0n) is 12.5. The number of aromatic nitrogens is 1. The van der Waals surface area contributed by atoms with Crippen molar-refractivity contribution in [3.8, 4) is 0 Å². The van der Waals surface area contributed by atoms with Gasteiger partial charge in [-0.15, -0.1) is 0 Å². The highest BCUT2D eigenvalue weighted by Gasteiger charge is 2.36. The summed E-state index contributed by atoms with van der Waals surface area (Å²) in [4.78, 5) is 26.3. The molecule has 2 rings (SSSR count). The average molecular weight is 316 g/mol. The van der Waals surface area contributed by atoms with Gasteiger partial charge in [-0.05, 0) is 18.1 Å². The lowest BCUT2D eigenvalue weighted by atomic mass is 9.88. The lowest BCUT2D eigenvalue weighted by Gasteiger charge is -2.35. The lowest BCUT2D eigenvalue weighted by Crippen LogP contribution is -2.48. The van der Waals surface area contributed by atoms with Gasteiger partial charge in [0.05, 0.1) is 18.1 Å². The molecule has 0 spiro atoms. The number of aldehydes is 1. The van der Waals surface area contributed by atoms with Gasteiger partial charge in [0.15, 0.2) is 6.29 Å². The number of carboxylic acid groups (broad SMARTS) is 1. The maximum Gasteiger partial charge on any atom is 0.223 e. The topological polar surface area (TPSA) is 79.3 Å². The molecule has 2 aromatic rings. The van der Waals surface area contributed by atoms with Crippen LogP contribution in [-0.4, -0.2) is 17.2 Å². The Hall–Kier alpha value is -2.60. The van der Waals surface area contributed by atoms with Crippen LogP contribution < -0.4 is 5.11 Å². The fourth-order valence-corrected chi connectivity index (χ4v) is 2.38. The average Bonchev–Trinajstić information content (AvgIpc) is 2.56. The molecule has 120 valence electrons. The normalized spacial score (nSPS) is 13.3. The molecule has 0 saturated heterocycles. The Balaban J connectivity index is 2.46. The second-order valence-corrected chi connectivity index (χ2v) is 4.92. The number of nitrogens with zero attached hydrogens (tertiary/aromatic N) is 1. The summed E-state index contributed by atoms with van der Waals surface area (Å²) in [6.07, 6.45) is 1.29. The van der Waals surface area contributed by atoms with Crippen molar-refractivity contribution in [1.29, 1.82) is 0 Å². The van der Waals surface area contributed by atoms with E-state index in [2.05, 4.69) is 4.98 Å². The molecule has 1 aromatic carbocycles. The summed E-state index contributed by atoms with van der Waals surface area (Å²) in [5, 5.41) is 11.8. The Morgan fingerprint density at radius 3 is 2.61 bits per heavy atom. The van der Waals surface area contributed by atoms with Crippen molar-refractivity contribution < 1.29 is 23.8 Å². The first-order chi connectivity index (χ1) is 11.0. The largest absolute Gasteiger partial charge is 0.547 e. The van der Waals surface area contributed by atoms with Crippen molar-refractivity contribution in [2.75, 3.05) is 0 Å². The summed E-state index contributed by atoms with van der Waals surface area (Å²) in [7, 11) is 0. The third-order valence-electron chi connectivity index (χ3n) is 3.65. The van der Waals surface area contributed by atoms with E-state index in [0.717, 1.165) is 11.8 Å². The number of aliphatic carboxylic acids is 1. The van der Waals surface area contributed by atoms with Crippen LogP contribution in [0, 0.1) is 5.95 Å². The quantitative estimate of drug-likeness (QED) is 0.573. The van der Waals surface area contributed by atoms with Crippen molar-refractivity contribution in [3.63, 3.8) is 0 Å². The van der Waals surface area contributed by atoms with Crippen molar-refractivity contribution in [2.24, 2.45) is 0 Å². The van der Waals surface area contributed by atoms with Gasteiger partial charge < -0.3 is 14.6 Å². The Bertz CT molecular complexity index is 705. The van der Waals surface area contributed by atoms with Crippen LogP contribution in [0.2, 0.25) is 0 Å². The number of carbonyl (C=O) groups excluding carboxylic acids is 2. The van der Waals surface area contributed by atoms with Crippen LogP contribution in [0.25, 0.3) is 0 Å². The molecule has 6 heteroatoms. The smallest absolute Gasteiger partial charge is 0.223 e. The molecule has 1 atom stereocenters. The van der Waals surface area contributed by atoms with Gasteiger partial charge in [-0.1, -0.05) is 37.3 Å². The SMILES string of the molecule is CCC(OCc1ccccc1)(C(=O)[O-])c1ccnc(F)c1C=O. The highest BCUT2D eigenvalue weighted by molar-refractivity contribution is 5.85. The van der Waals surface area contributed by atoms with E-state index in [4.69, 9.17) is 4.74 Å². The molecular formula is C17H15FNO4-. The Labute approximate surface area is 132 Å². The van der Waals surface area contributed by atoms with Crippen LogP contribution in [-0.2, 0) is 21.7 Å². The van der Waals surface area contributed by atoms with Gasteiger partial charge in [0.2, 0.25) is 5.95 Å². The van der Waals surface area contributed by atoms with E-state index in [0.29, 0.717) is 0 Å². The highest BCUT2D eigenvalue weighted by atomic mass is 19.1. The molecular weight excluding hydrogens is 301 g/mol. The van der Waals surface area contributed by atoms with E-state index in [-0.39, 0.29) is 24.9 Å². The number of rotatable bonds is 7. The van der Waals surface area contributed by atoms with E-state index < -0.39 is 23.1 Å². The van der Waals surface area contributed by atoms with Crippen molar-refractivity contribution in [2.45, 2.75) is 25.6 Å². The predicted molar refractivity (Wildman–Crippen MR) is 77.8 cm³/mol. The highest BCUT2D eigenvalue weighted by Crippen LogP contribution is 2.32. The maximum absolute atomic E-state index is 13.7. The molecule has 0 radical (unpaired) electrons. The fourth-order valence-electron chi connectivity index (χ4n) is 2.38. The van der Waals surface area contributed by atoms with Gasteiger partial charge in [0.1, 0.15) is 5.60 Å². The third-order valence-corrected chi connectivity index (χ3v) is 3.65. The standard InChI is InChI=1S/C17H16FNO4/c1-2-17(16(21)22,23-11-12-6-4-3-5-7-12)14-8-9-19-15(18)13(14)10-20/h3-10H,2,11H2,1H3,(H,21,22)/p-1. The number of carboxylic acids is 1. The molecule has 0 N–H and O–H groups in total. The first-order valence-corrected chi connectivity index (χ1v) is 7.04. The molecule has 23 heavy (non-hydrogen) atoms. The molecule has 0 aliphatic carbocycles. The van der Waals surface area contributed by atoms with Gasteiger partial charge in [-0.3, -0.25) is 4.79 Å². The monoisotopic (exact) mass is 316 g/mol. The molecule has 0 fully saturated rings. The van der Waals surface area contributed by atoms with Crippen LogP contribution in [0.4, 0.5) is 4.39 Å². The lowest BCUT2D eigenvalue weighted by molar-refractivity contribution is -0.330. The van der Waals surface area contributed by atoms with Crippen molar-refractivity contribution >= 4 is 12.3 Å². The summed E-state index contributed by atoms with van der Waals surface area (Å²) >= 11 is 0. The van der Waals surface area contributed by atoms with E-state index in [1.165, 1.54) is 6.07 Å². The third kappa shape index (κ3) is 3.27. The number of halogens is 1. The van der Waals surface area contributed by atoms with Gasteiger partial charge in [0, 0.05) is 11.8 Å². The number of ether oxygens (including phenoxy) is 1. The van der Waals surface area contributed by atoms with Crippen LogP contribution in [0.5, 0.6) is 0 Å². The van der Waals surface area contributed by atoms with E-state index in [1.54, 1.807) is 31.2 Å². The minimum absolute atomic E-state index is 0.0229.